The summed E-state index contributed by atoms with van der Waals surface area (Å²) in [4.78, 5) is 10.6. The first-order chi connectivity index (χ1) is 10.7. The molecule has 134 valence electrons. The van der Waals surface area contributed by atoms with E-state index in [1.807, 2.05) is 6.92 Å². The highest BCUT2D eigenvalue weighted by Crippen LogP contribution is 1.95. The van der Waals surface area contributed by atoms with Crippen molar-refractivity contribution < 1.29 is 9.26 Å². The van der Waals surface area contributed by atoms with Gasteiger partial charge in [-0.15, -0.1) is 24.0 Å². The summed E-state index contributed by atoms with van der Waals surface area (Å²) in [5.74, 6) is 2.08. The Hall–Kier alpha value is -0.940. The molecular formula is C14H29IN6O2. The van der Waals surface area contributed by atoms with Crippen molar-refractivity contribution >= 4 is 29.9 Å². The zero-order valence-electron chi connectivity index (χ0n) is 14.5. The molecule has 1 heterocycles. The molecule has 0 aromatic carbocycles. The number of likely N-dealkylation sites (N-methyl/N-ethyl adjacent to an activating group) is 1. The summed E-state index contributed by atoms with van der Waals surface area (Å²) in [5, 5.41) is 10.3. The van der Waals surface area contributed by atoms with E-state index >= 15 is 0 Å². The Labute approximate surface area is 155 Å². The van der Waals surface area contributed by atoms with Crippen LogP contribution in [0.1, 0.15) is 18.1 Å². The monoisotopic (exact) mass is 440 g/mol. The number of aliphatic imine (C=N–C) groups is 1. The lowest BCUT2D eigenvalue weighted by molar-refractivity contribution is 0.180. The molecule has 23 heavy (non-hydrogen) atoms. The normalized spacial score (nSPS) is 11.4. The van der Waals surface area contributed by atoms with Crippen LogP contribution in [0.4, 0.5) is 0 Å². The van der Waals surface area contributed by atoms with Crippen LogP contribution in [-0.4, -0.2) is 75.0 Å². The average molecular weight is 440 g/mol. The molecule has 0 radical (unpaired) electrons. The maximum absolute atomic E-state index is 5.06. The number of hydrogen-bond donors (Lipinski definition) is 2. The SMILES string of the molecule is CN=C(NCCc1nc(C)no1)NCCN(C)CCCOC.I. The van der Waals surface area contributed by atoms with Crippen LogP contribution in [0.3, 0.4) is 0 Å². The van der Waals surface area contributed by atoms with E-state index in [2.05, 4.69) is 37.7 Å². The lowest BCUT2D eigenvalue weighted by atomic mass is 10.4. The number of nitrogens with zero attached hydrogens (tertiary/aromatic N) is 4. The Morgan fingerprint density at radius 1 is 1.30 bits per heavy atom. The van der Waals surface area contributed by atoms with E-state index in [1.54, 1.807) is 14.2 Å². The molecule has 0 amide bonds. The number of hydrogen-bond acceptors (Lipinski definition) is 6. The molecule has 2 N–H and O–H groups in total. The van der Waals surface area contributed by atoms with E-state index in [1.165, 1.54) is 0 Å². The highest BCUT2D eigenvalue weighted by atomic mass is 127. The van der Waals surface area contributed by atoms with Gasteiger partial charge in [0.15, 0.2) is 11.8 Å². The van der Waals surface area contributed by atoms with Gasteiger partial charge < -0.3 is 24.8 Å². The molecule has 0 spiro atoms. The maximum Gasteiger partial charge on any atom is 0.228 e. The number of aryl methyl sites for hydroxylation is 1. The van der Waals surface area contributed by atoms with Crippen molar-refractivity contribution in [3.05, 3.63) is 11.7 Å². The average Bonchev–Trinajstić information content (AvgIpc) is 2.91. The van der Waals surface area contributed by atoms with E-state index in [4.69, 9.17) is 9.26 Å². The molecule has 1 aromatic heterocycles. The van der Waals surface area contributed by atoms with Crippen LogP contribution in [-0.2, 0) is 11.2 Å². The zero-order chi connectivity index (χ0) is 16.2. The predicted octanol–water partition coefficient (Wildman–Crippen LogP) is 0.672. The van der Waals surface area contributed by atoms with Crippen LogP contribution in [0.2, 0.25) is 0 Å². The number of aromatic nitrogens is 2. The first-order valence-electron chi connectivity index (χ1n) is 7.57. The van der Waals surface area contributed by atoms with E-state index in [-0.39, 0.29) is 24.0 Å². The number of halogens is 1. The maximum atomic E-state index is 5.06. The molecule has 0 aliphatic rings. The van der Waals surface area contributed by atoms with E-state index in [0.717, 1.165) is 38.6 Å². The van der Waals surface area contributed by atoms with Crippen molar-refractivity contribution in [2.24, 2.45) is 4.99 Å². The van der Waals surface area contributed by atoms with Gasteiger partial charge in [-0.3, -0.25) is 4.99 Å². The third-order valence-corrected chi connectivity index (χ3v) is 3.10. The molecule has 0 bridgehead atoms. The van der Waals surface area contributed by atoms with E-state index in [0.29, 0.717) is 24.7 Å². The van der Waals surface area contributed by atoms with Gasteiger partial charge in [0, 0.05) is 53.4 Å². The molecule has 0 unspecified atom stereocenters. The number of methoxy groups -OCH3 is 1. The van der Waals surface area contributed by atoms with Gasteiger partial charge in [-0.1, -0.05) is 5.16 Å². The van der Waals surface area contributed by atoms with Gasteiger partial charge in [-0.05, 0) is 20.4 Å². The topological polar surface area (TPSA) is 87.8 Å². The highest BCUT2D eigenvalue weighted by molar-refractivity contribution is 14.0. The van der Waals surface area contributed by atoms with Crippen LogP contribution in [0.15, 0.2) is 9.52 Å². The minimum absolute atomic E-state index is 0. The summed E-state index contributed by atoms with van der Waals surface area (Å²) in [6, 6.07) is 0. The van der Waals surface area contributed by atoms with Crippen LogP contribution < -0.4 is 10.6 Å². The predicted molar refractivity (Wildman–Crippen MR) is 102 cm³/mol. The molecule has 8 nitrogen and oxygen atoms in total. The molecule has 1 rings (SSSR count). The van der Waals surface area contributed by atoms with Crippen molar-refractivity contribution in [1.29, 1.82) is 0 Å². The second-order valence-electron chi connectivity index (χ2n) is 5.06. The Balaban J connectivity index is 0.00000484. The van der Waals surface area contributed by atoms with Crippen molar-refractivity contribution in [2.45, 2.75) is 19.8 Å². The standard InChI is InChI=1S/C14H28N6O2.HI/c1-12-18-13(22-19-12)6-7-16-14(15-2)17-8-10-20(3)9-5-11-21-4;/h5-11H2,1-4H3,(H2,15,16,17);1H. The molecule has 9 heteroatoms. The number of rotatable bonds is 10. The fraction of sp³-hybridized carbons (Fsp3) is 0.786. The third-order valence-electron chi connectivity index (χ3n) is 3.10. The van der Waals surface area contributed by atoms with Gasteiger partial charge in [0.25, 0.3) is 0 Å². The molecule has 1 aromatic rings. The summed E-state index contributed by atoms with van der Waals surface area (Å²) in [5.41, 5.74) is 0. The number of guanidine groups is 1. The molecular weight excluding hydrogens is 411 g/mol. The quantitative estimate of drug-likeness (QED) is 0.239. The minimum atomic E-state index is 0. The smallest absolute Gasteiger partial charge is 0.228 e. The molecule has 0 saturated carbocycles. The number of ether oxygens (including phenoxy) is 1. The van der Waals surface area contributed by atoms with E-state index in [9.17, 15) is 0 Å². The largest absolute Gasteiger partial charge is 0.385 e. The molecule has 0 saturated heterocycles. The van der Waals surface area contributed by atoms with Gasteiger partial charge in [-0.2, -0.15) is 4.98 Å². The first kappa shape index (κ1) is 22.1. The summed E-state index contributed by atoms with van der Waals surface area (Å²) in [6.45, 7) is 6.12. The van der Waals surface area contributed by atoms with Gasteiger partial charge in [0.2, 0.25) is 5.89 Å². The summed E-state index contributed by atoms with van der Waals surface area (Å²) in [7, 11) is 5.59. The van der Waals surface area contributed by atoms with Gasteiger partial charge in [0.05, 0.1) is 0 Å². The number of nitrogens with one attached hydrogen (secondary N) is 2. The van der Waals surface area contributed by atoms with Crippen molar-refractivity contribution in [2.75, 3.05) is 54.0 Å². The fourth-order valence-corrected chi connectivity index (χ4v) is 1.91. The first-order valence-corrected chi connectivity index (χ1v) is 7.57. The lowest BCUT2D eigenvalue weighted by Crippen LogP contribution is -2.41. The summed E-state index contributed by atoms with van der Waals surface area (Å²) < 4.78 is 10.1. The van der Waals surface area contributed by atoms with Gasteiger partial charge in [0.1, 0.15) is 0 Å². The van der Waals surface area contributed by atoms with Crippen molar-refractivity contribution in [3.8, 4) is 0 Å². The molecule has 0 fully saturated rings. The Bertz CT molecular complexity index is 441. The lowest BCUT2D eigenvalue weighted by Gasteiger charge is -2.18. The Morgan fingerprint density at radius 2 is 2.04 bits per heavy atom. The minimum Gasteiger partial charge on any atom is -0.385 e. The highest BCUT2D eigenvalue weighted by Gasteiger charge is 2.04. The molecule has 0 atom stereocenters. The fourth-order valence-electron chi connectivity index (χ4n) is 1.91. The van der Waals surface area contributed by atoms with Gasteiger partial charge in [-0.25, -0.2) is 0 Å². The van der Waals surface area contributed by atoms with Crippen LogP contribution in [0.5, 0.6) is 0 Å². The van der Waals surface area contributed by atoms with Crippen LogP contribution in [0, 0.1) is 6.92 Å². The van der Waals surface area contributed by atoms with Crippen LogP contribution in [0.25, 0.3) is 0 Å². The summed E-state index contributed by atoms with van der Waals surface area (Å²) in [6.07, 6.45) is 1.72. The Kier molecular flexibility index (Phi) is 12.9. The van der Waals surface area contributed by atoms with Crippen molar-refractivity contribution in [3.63, 3.8) is 0 Å². The Morgan fingerprint density at radius 3 is 2.65 bits per heavy atom. The third kappa shape index (κ3) is 10.4. The van der Waals surface area contributed by atoms with E-state index < -0.39 is 0 Å². The second-order valence-corrected chi connectivity index (χ2v) is 5.06. The van der Waals surface area contributed by atoms with Gasteiger partial charge >= 0.3 is 0 Å². The summed E-state index contributed by atoms with van der Waals surface area (Å²) >= 11 is 0. The second kappa shape index (κ2) is 13.5. The van der Waals surface area contributed by atoms with Crippen molar-refractivity contribution in [1.82, 2.24) is 25.7 Å². The van der Waals surface area contributed by atoms with Crippen LogP contribution >= 0.6 is 24.0 Å². The zero-order valence-corrected chi connectivity index (χ0v) is 16.8. The molecule has 0 aliphatic carbocycles. The molecule has 0 aliphatic heterocycles.